The number of anilines is 2. The largest absolute Gasteiger partial charge is 0.495 e. The highest BCUT2D eigenvalue weighted by molar-refractivity contribution is 5.89. The van der Waals surface area contributed by atoms with E-state index in [1.807, 2.05) is 18.2 Å². The van der Waals surface area contributed by atoms with Gasteiger partial charge in [-0.2, -0.15) is 0 Å². The summed E-state index contributed by atoms with van der Waals surface area (Å²) in [6, 6.07) is 12.0. The van der Waals surface area contributed by atoms with Gasteiger partial charge in [-0.05, 0) is 43.2 Å². The summed E-state index contributed by atoms with van der Waals surface area (Å²) in [6.07, 6.45) is 0. The number of hydrogen-bond acceptors (Lipinski definition) is 3. The Morgan fingerprint density at radius 3 is 2.59 bits per heavy atom. The molecule has 0 spiro atoms. The molecular weight excluding hydrogens is 276 g/mol. The van der Waals surface area contributed by atoms with Crippen molar-refractivity contribution in [3.05, 3.63) is 53.1 Å². The number of benzene rings is 2. The van der Waals surface area contributed by atoms with Crippen LogP contribution >= 0.6 is 0 Å². The van der Waals surface area contributed by atoms with Gasteiger partial charge in [-0.25, -0.2) is 0 Å². The van der Waals surface area contributed by atoms with Gasteiger partial charge in [-0.15, -0.1) is 0 Å². The van der Waals surface area contributed by atoms with Crippen LogP contribution in [0.1, 0.15) is 23.6 Å². The number of aryl methyl sites for hydroxylation is 2. The van der Waals surface area contributed by atoms with Gasteiger partial charge in [0.1, 0.15) is 5.75 Å². The maximum atomic E-state index is 11.2. The Bertz CT molecular complexity index is 681. The molecule has 2 N–H and O–H groups in total. The van der Waals surface area contributed by atoms with Crippen LogP contribution < -0.4 is 15.4 Å². The first-order valence-electron chi connectivity index (χ1n) is 7.25. The lowest BCUT2D eigenvalue weighted by molar-refractivity contribution is -0.114. The summed E-state index contributed by atoms with van der Waals surface area (Å²) >= 11 is 0. The topological polar surface area (TPSA) is 50.4 Å². The number of nitrogens with one attached hydrogen (secondary N) is 2. The zero-order valence-corrected chi connectivity index (χ0v) is 13.5. The van der Waals surface area contributed by atoms with Crippen molar-refractivity contribution in [1.29, 1.82) is 0 Å². The molecule has 0 radical (unpaired) electrons. The van der Waals surface area contributed by atoms with Crippen LogP contribution in [0.5, 0.6) is 5.75 Å². The summed E-state index contributed by atoms with van der Waals surface area (Å²) in [6.45, 7) is 6.38. The number of rotatable bonds is 5. The summed E-state index contributed by atoms with van der Waals surface area (Å²) in [4.78, 5) is 11.2. The molecule has 2 aromatic rings. The Hall–Kier alpha value is -2.49. The van der Waals surface area contributed by atoms with E-state index in [0.29, 0.717) is 6.54 Å². The van der Waals surface area contributed by atoms with E-state index in [0.717, 1.165) is 17.1 Å². The second-order valence-electron chi connectivity index (χ2n) is 5.38. The molecule has 0 aliphatic heterocycles. The number of amides is 1. The summed E-state index contributed by atoms with van der Waals surface area (Å²) in [7, 11) is 1.64. The van der Waals surface area contributed by atoms with E-state index < -0.39 is 0 Å². The molecule has 0 heterocycles. The predicted molar refractivity (Wildman–Crippen MR) is 90.5 cm³/mol. The van der Waals surface area contributed by atoms with Crippen LogP contribution in [0.25, 0.3) is 0 Å². The molecule has 0 saturated heterocycles. The van der Waals surface area contributed by atoms with Gasteiger partial charge in [0.15, 0.2) is 0 Å². The van der Waals surface area contributed by atoms with E-state index >= 15 is 0 Å². The van der Waals surface area contributed by atoms with Crippen LogP contribution in [0, 0.1) is 13.8 Å². The van der Waals surface area contributed by atoms with Gasteiger partial charge in [-0.1, -0.05) is 23.8 Å². The highest BCUT2D eigenvalue weighted by Gasteiger charge is 2.06. The van der Waals surface area contributed by atoms with Crippen LogP contribution in [-0.2, 0) is 11.3 Å². The quantitative estimate of drug-likeness (QED) is 0.880. The molecule has 0 unspecified atom stereocenters. The maximum absolute atomic E-state index is 11.2. The lowest BCUT2D eigenvalue weighted by atomic mass is 10.1. The second kappa shape index (κ2) is 6.98. The van der Waals surface area contributed by atoms with E-state index in [1.165, 1.54) is 23.6 Å². The highest BCUT2D eigenvalue weighted by Crippen LogP contribution is 2.28. The molecule has 0 bridgehead atoms. The van der Waals surface area contributed by atoms with E-state index in [1.54, 1.807) is 7.11 Å². The van der Waals surface area contributed by atoms with Gasteiger partial charge < -0.3 is 15.4 Å². The third-order valence-electron chi connectivity index (χ3n) is 3.49. The molecule has 0 aliphatic carbocycles. The van der Waals surface area contributed by atoms with Crippen molar-refractivity contribution in [1.82, 2.24) is 0 Å². The van der Waals surface area contributed by atoms with Gasteiger partial charge in [0.2, 0.25) is 5.91 Å². The lowest BCUT2D eigenvalue weighted by Crippen LogP contribution is -2.07. The van der Waals surface area contributed by atoms with Gasteiger partial charge in [0, 0.05) is 19.2 Å². The standard InChI is InChI=1S/C18H22N2O2/c1-12-5-6-13(2)15(9-12)11-19-17-10-16(20-14(3)21)7-8-18(17)22-4/h5-10,19H,11H2,1-4H3,(H,20,21). The summed E-state index contributed by atoms with van der Waals surface area (Å²) < 4.78 is 5.37. The van der Waals surface area contributed by atoms with Crippen molar-refractivity contribution < 1.29 is 9.53 Å². The summed E-state index contributed by atoms with van der Waals surface area (Å²) in [5.41, 5.74) is 5.33. The fraction of sp³-hybridized carbons (Fsp3) is 0.278. The van der Waals surface area contributed by atoms with Gasteiger partial charge >= 0.3 is 0 Å². The van der Waals surface area contributed by atoms with Crippen LogP contribution in [-0.4, -0.2) is 13.0 Å². The Morgan fingerprint density at radius 1 is 1.14 bits per heavy atom. The van der Waals surface area contributed by atoms with Crippen LogP contribution in [0.4, 0.5) is 11.4 Å². The minimum absolute atomic E-state index is 0.0920. The van der Waals surface area contributed by atoms with Crippen molar-refractivity contribution >= 4 is 17.3 Å². The smallest absolute Gasteiger partial charge is 0.221 e. The molecule has 0 atom stereocenters. The molecule has 2 aromatic carbocycles. The minimum Gasteiger partial charge on any atom is -0.495 e. The first-order valence-corrected chi connectivity index (χ1v) is 7.25. The molecule has 0 fully saturated rings. The van der Waals surface area contributed by atoms with Crippen molar-refractivity contribution in [3.63, 3.8) is 0 Å². The molecular formula is C18H22N2O2. The zero-order chi connectivity index (χ0) is 16.1. The fourth-order valence-corrected chi connectivity index (χ4v) is 2.31. The SMILES string of the molecule is COc1ccc(NC(C)=O)cc1NCc1cc(C)ccc1C. The number of hydrogen-bond donors (Lipinski definition) is 2. The average Bonchev–Trinajstić information content (AvgIpc) is 2.48. The van der Waals surface area contributed by atoms with E-state index in [2.05, 4.69) is 42.7 Å². The van der Waals surface area contributed by atoms with Crippen molar-refractivity contribution in [2.45, 2.75) is 27.3 Å². The summed E-state index contributed by atoms with van der Waals surface area (Å²) in [5, 5.41) is 6.17. The number of ether oxygens (including phenoxy) is 1. The molecule has 2 rings (SSSR count). The Morgan fingerprint density at radius 2 is 1.91 bits per heavy atom. The third kappa shape index (κ3) is 4.01. The minimum atomic E-state index is -0.0920. The Kier molecular flexibility index (Phi) is 5.04. The normalized spacial score (nSPS) is 10.2. The Labute approximate surface area is 131 Å². The van der Waals surface area contributed by atoms with E-state index in [9.17, 15) is 4.79 Å². The molecule has 0 aromatic heterocycles. The third-order valence-corrected chi connectivity index (χ3v) is 3.49. The number of carbonyl (C=O) groups is 1. The lowest BCUT2D eigenvalue weighted by Gasteiger charge is -2.14. The predicted octanol–water partition coefficient (Wildman–Crippen LogP) is 3.88. The number of carbonyl (C=O) groups excluding carboxylic acids is 1. The molecule has 0 saturated carbocycles. The van der Waals surface area contributed by atoms with E-state index in [-0.39, 0.29) is 5.91 Å². The van der Waals surface area contributed by atoms with Crippen molar-refractivity contribution in [2.24, 2.45) is 0 Å². The molecule has 22 heavy (non-hydrogen) atoms. The maximum Gasteiger partial charge on any atom is 0.221 e. The fourth-order valence-electron chi connectivity index (χ4n) is 2.31. The summed E-state index contributed by atoms with van der Waals surface area (Å²) in [5.74, 6) is 0.657. The number of methoxy groups -OCH3 is 1. The van der Waals surface area contributed by atoms with Gasteiger partial charge in [0.05, 0.1) is 12.8 Å². The zero-order valence-electron chi connectivity index (χ0n) is 13.5. The van der Waals surface area contributed by atoms with Crippen molar-refractivity contribution in [3.8, 4) is 5.75 Å². The van der Waals surface area contributed by atoms with Gasteiger partial charge in [-0.3, -0.25) is 4.79 Å². The monoisotopic (exact) mass is 298 g/mol. The second-order valence-corrected chi connectivity index (χ2v) is 5.38. The highest BCUT2D eigenvalue weighted by atomic mass is 16.5. The Balaban J connectivity index is 2.20. The van der Waals surface area contributed by atoms with Crippen LogP contribution in [0.15, 0.2) is 36.4 Å². The van der Waals surface area contributed by atoms with Gasteiger partial charge in [0.25, 0.3) is 0 Å². The molecule has 4 heteroatoms. The average molecular weight is 298 g/mol. The molecule has 1 amide bonds. The first kappa shape index (κ1) is 15.9. The van der Waals surface area contributed by atoms with E-state index in [4.69, 9.17) is 4.74 Å². The first-order chi connectivity index (χ1) is 10.5. The molecule has 4 nitrogen and oxygen atoms in total. The van der Waals surface area contributed by atoms with Crippen molar-refractivity contribution in [2.75, 3.05) is 17.7 Å². The van der Waals surface area contributed by atoms with Crippen LogP contribution in [0.2, 0.25) is 0 Å². The molecule has 0 aliphatic rings. The molecule has 116 valence electrons. The van der Waals surface area contributed by atoms with Crippen LogP contribution in [0.3, 0.4) is 0 Å².